The van der Waals surface area contributed by atoms with Crippen LogP contribution in [0.5, 0.6) is 5.88 Å². The Bertz CT molecular complexity index is 720. The average Bonchev–Trinajstić information content (AvgIpc) is 2.54. The highest BCUT2D eigenvalue weighted by Gasteiger charge is 2.01. The molecule has 4 nitrogen and oxygen atoms in total. The maximum absolute atomic E-state index is 5.33. The molecule has 0 aliphatic carbocycles. The molecular formula is C17H17N3O. The third kappa shape index (κ3) is 3.11. The van der Waals surface area contributed by atoms with Gasteiger partial charge >= 0.3 is 0 Å². The van der Waals surface area contributed by atoms with E-state index in [0.717, 1.165) is 11.1 Å². The van der Waals surface area contributed by atoms with Gasteiger partial charge in [-0.15, -0.1) is 0 Å². The SMILES string of the molecule is CCOc1ccc(NCc2cncc3ccccc23)cn1. The van der Waals surface area contributed by atoms with Crippen LogP contribution >= 0.6 is 0 Å². The van der Waals surface area contributed by atoms with Gasteiger partial charge in [-0.25, -0.2) is 4.98 Å². The topological polar surface area (TPSA) is 47.0 Å². The Labute approximate surface area is 123 Å². The van der Waals surface area contributed by atoms with Gasteiger partial charge in [0.05, 0.1) is 18.5 Å². The van der Waals surface area contributed by atoms with Crippen molar-refractivity contribution < 1.29 is 4.74 Å². The highest BCUT2D eigenvalue weighted by atomic mass is 16.5. The van der Waals surface area contributed by atoms with Crippen LogP contribution in [0.1, 0.15) is 12.5 Å². The summed E-state index contributed by atoms with van der Waals surface area (Å²) >= 11 is 0. The fraction of sp³-hybridized carbons (Fsp3) is 0.176. The van der Waals surface area contributed by atoms with E-state index in [4.69, 9.17) is 4.74 Å². The number of hydrogen-bond acceptors (Lipinski definition) is 4. The highest BCUT2D eigenvalue weighted by molar-refractivity contribution is 5.84. The molecule has 0 aliphatic rings. The van der Waals surface area contributed by atoms with Crippen LogP contribution in [0.3, 0.4) is 0 Å². The highest BCUT2D eigenvalue weighted by Crippen LogP contribution is 2.19. The number of anilines is 1. The van der Waals surface area contributed by atoms with E-state index < -0.39 is 0 Å². The fourth-order valence-corrected chi connectivity index (χ4v) is 2.24. The minimum absolute atomic E-state index is 0.626. The third-order valence-electron chi connectivity index (χ3n) is 3.26. The molecular weight excluding hydrogens is 262 g/mol. The lowest BCUT2D eigenvalue weighted by Gasteiger charge is -2.09. The zero-order chi connectivity index (χ0) is 14.5. The summed E-state index contributed by atoms with van der Waals surface area (Å²) in [6.45, 7) is 3.28. The van der Waals surface area contributed by atoms with Crippen LogP contribution in [-0.4, -0.2) is 16.6 Å². The zero-order valence-corrected chi connectivity index (χ0v) is 11.9. The van der Waals surface area contributed by atoms with Crippen LogP contribution < -0.4 is 10.1 Å². The van der Waals surface area contributed by atoms with Gasteiger partial charge in [0, 0.05) is 30.4 Å². The summed E-state index contributed by atoms with van der Waals surface area (Å²) in [5.41, 5.74) is 2.13. The maximum atomic E-state index is 5.33. The van der Waals surface area contributed by atoms with E-state index in [-0.39, 0.29) is 0 Å². The van der Waals surface area contributed by atoms with Crippen LogP contribution in [0.4, 0.5) is 5.69 Å². The number of hydrogen-bond donors (Lipinski definition) is 1. The van der Waals surface area contributed by atoms with Crippen molar-refractivity contribution in [2.45, 2.75) is 13.5 Å². The number of benzene rings is 1. The Kier molecular flexibility index (Phi) is 3.96. The van der Waals surface area contributed by atoms with Gasteiger partial charge in [0.1, 0.15) is 0 Å². The Hall–Kier alpha value is -2.62. The molecule has 2 aromatic heterocycles. The lowest BCUT2D eigenvalue weighted by atomic mass is 10.1. The molecule has 106 valence electrons. The van der Waals surface area contributed by atoms with E-state index in [9.17, 15) is 0 Å². The minimum atomic E-state index is 0.626. The predicted molar refractivity (Wildman–Crippen MR) is 84.5 cm³/mol. The van der Waals surface area contributed by atoms with Crippen molar-refractivity contribution in [1.29, 1.82) is 0 Å². The maximum Gasteiger partial charge on any atom is 0.213 e. The van der Waals surface area contributed by atoms with Gasteiger partial charge in [-0.1, -0.05) is 24.3 Å². The molecule has 0 saturated carbocycles. The number of fused-ring (bicyclic) bond motifs is 1. The van der Waals surface area contributed by atoms with Crippen molar-refractivity contribution in [2.24, 2.45) is 0 Å². The van der Waals surface area contributed by atoms with E-state index in [1.54, 1.807) is 6.20 Å². The molecule has 0 aliphatic heterocycles. The smallest absolute Gasteiger partial charge is 0.213 e. The molecule has 0 unspecified atom stereocenters. The number of nitrogens with zero attached hydrogens (tertiary/aromatic N) is 2. The molecule has 4 heteroatoms. The van der Waals surface area contributed by atoms with Gasteiger partial charge in [-0.3, -0.25) is 4.98 Å². The summed E-state index contributed by atoms with van der Waals surface area (Å²) in [7, 11) is 0. The first kappa shape index (κ1) is 13.4. The number of ether oxygens (including phenoxy) is 1. The summed E-state index contributed by atoms with van der Waals surface area (Å²) in [5, 5.41) is 5.74. The predicted octanol–water partition coefficient (Wildman–Crippen LogP) is 3.64. The van der Waals surface area contributed by atoms with Crippen molar-refractivity contribution >= 4 is 16.5 Å². The van der Waals surface area contributed by atoms with E-state index in [1.807, 2.05) is 43.6 Å². The largest absolute Gasteiger partial charge is 0.478 e. The number of rotatable bonds is 5. The van der Waals surface area contributed by atoms with Crippen LogP contribution in [0.15, 0.2) is 55.0 Å². The van der Waals surface area contributed by atoms with Crippen molar-refractivity contribution in [3.05, 3.63) is 60.6 Å². The standard InChI is InChI=1S/C17H17N3O/c1-2-21-17-8-7-15(12-20-17)19-11-14-10-18-9-13-5-3-4-6-16(13)14/h3-10,12,19H,2,11H2,1H3. The molecule has 0 radical (unpaired) electrons. The summed E-state index contributed by atoms with van der Waals surface area (Å²) < 4.78 is 5.33. The molecule has 1 aromatic carbocycles. The Morgan fingerprint density at radius 2 is 1.95 bits per heavy atom. The lowest BCUT2D eigenvalue weighted by molar-refractivity contribution is 0.327. The molecule has 2 heterocycles. The van der Waals surface area contributed by atoms with E-state index in [0.29, 0.717) is 19.0 Å². The zero-order valence-electron chi connectivity index (χ0n) is 11.9. The quantitative estimate of drug-likeness (QED) is 0.774. The second-order valence-corrected chi connectivity index (χ2v) is 4.69. The van der Waals surface area contributed by atoms with Crippen LogP contribution in [0.2, 0.25) is 0 Å². The van der Waals surface area contributed by atoms with Crippen molar-refractivity contribution in [3.8, 4) is 5.88 Å². The molecule has 0 amide bonds. The van der Waals surface area contributed by atoms with Gasteiger partial charge in [0.2, 0.25) is 5.88 Å². The van der Waals surface area contributed by atoms with Crippen LogP contribution in [0.25, 0.3) is 10.8 Å². The van der Waals surface area contributed by atoms with Crippen LogP contribution in [-0.2, 0) is 6.54 Å². The summed E-state index contributed by atoms with van der Waals surface area (Å²) in [6, 6.07) is 12.1. The van der Waals surface area contributed by atoms with Gasteiger partial charge in [0.25, 0.3) is 0 Å². The molecule has 3 aromatic rings. The molecule has 3 rings (SSSR count). The normalized spacial score (nSPS) is 10.5. The van der Waals surface area contributed by atoms with E-state index in [2.05, 4.69) is 27.4 Å². The second-order valence-electron chi connectivity index (χ2n) is 4.69. The second kappa shape index (κ2) is 6.22. The average molecular weight is 279 g/mol. The van der Waals surface area contributed by atoms with Crippen molar-refractivity contribution in [1.82, 2.24) is 9.97 Å². The van der Waals surface area contributed by atoms with Gasteiger partial charge < -0.3 is 10.1 Å². The molecule has 0 fully saturated rings. The van der Waals surface area contributed by atoms with Crippen molar-refractivity contribution in [2.75, 3.05) is 11.9 Å². The Morgan fingerprint density at radius 3 is 2.76 bits per heavy atom. The fourth-order valence-electron chi connectivity index (χ4n) is 2.24. The number of pyridine rings is 2. The summed E-state index contributed by atoms with van der Waals surface area (Å²) in [4.78, 5) is 8.53. The molecule has 21 heavy (non-hydrogen) atoms. The number of nitrogens with one attached hydrogen (secondary N) is 1. The van der Waals surface area contributed by atoms with Crippen molar-refractivity contribution in [3.63, 3.8) is 0 Å². The van der Waals surface area contributed by atoms with Gasteiger partial charge in [-0.2, -0.15) is 0 Å². The Morgan fingerprint density at radius 1 is 1.05 bits per heavy atom. The molecule has 0 bridgehead atoms. The summed E-state index contributed by atoms with van der Waals surface area (Å²) in [5.74, 6) is 0.648. The van der Waals surface area contributed by atoms with Crippen LogP contribution in [0, 0.1) is 0 Å². The Balaban J connectivity index is 1.74. The molecule has 0 spiro atoms. The third-order valence-corrected chi connectivity index (χ3v) is 3.26. The first-order valence-electron chi connectivity index (χ1n) is 7.01. The monoisotopic (exact) mass is 279 g/mol. The first-order chi connectivity index (χ1) is 10.4. The molecule has 0 atom stereocenters. The van der Waals surface area contributed by atoms with Gasteiger partial charge in [0.15, 0.2) is 0 Å². The molecule has 0 saturated heterocycles. The lowest BCUT2D eigenvalue weighted by Crippen LogP contribution is -2.01. The summed E-state index contributed by atoms with van der Waals surface area (Å²) in [6.07, 6.45) is 5.57. The van der Waals surface area contributed by atoms with Gasteiger partial charge in [-0.05, 0) is 23.9 Å². The number of aromatic nitrogens is 2. The van der Waals surface area contributed by atoms with E-state index in [1.165, 1.54) is 10.9 Å². The first-order valence-corrected chi connectivity index (χ1v) is 7.01. The van der Waals surface area contributed by atoms with E-state index >= 15 is 0 Å². The minimum Gasteiger partial charge on any atom is -0.478 e. The molecule has 1 N–H and O–H groups in total.